The zero-order chi connectivity index (χ0) is 14.3. The lowest BCUT2D eigenvalue weighted by molar-refractivity contribution is -0.150. The highest BCUT2D eigenvalue weighted by Gasteiger charge is 2.43. The molecule has 0 radical (unpaired) electrons. The molecule has 1 N–H and O–H groups in total. The minimum Gasteiger partial charge on any atom is -0.340 e. The normalized spacial score (nSPS) is 18.6. The van der Waals surface area contributed by atoms with Gasteiger partial charge in [-0.05, 0) is 19.3 Å². The van der Waals surface area contributed by atoms with Crippen LogP contribution in [0.1, 0.15) is 65.7 Å². The van der Waals surface area contributed by atoms with Gasteiger partial charge >= 0.3 is 0 Å². The van der Waals surface area contributed by atoms with E-state index in [1.165, 1.54) is 19.3 Å². The molecule has 0 spiro atoms. The highest BCUT2D eigenvalue weighted by atomic mass is 16.2. The van der Waals surface area contributed by atoms with E-state index >= 15 is 0 Å². The standard InChI is InChI=1S/C15H28N2O2/c1-4-7-8-9-10-11-17-12-13(18)16-15(5-2,6-3)14(17)19/h4-12H2,1-3H3,(H,16,18). The van der Waals surface area contributed by atoms with Crippen LogP contribution in [-0.4, -0.2) is 35.3 Å². The van der Waals surface area contributed by atoms with Gasteiger partial charge in [-0.25, -0.2) is 0 Å². The predicted octanol–water partition coefficient (Wildman–Crippen LogP) is 2.47. The Hall–Kier alpha value is -1.06. The molecule has 1 heterocycles. The van der Waals surface area contributed by atoms with Crippen LogP contribution in [0.15, 0.2) is 0 Å². The van der Waals surface area contributed by atoms with Gasteiger partial charge in [-0.1, -0.05) is 46.5 Å². The Labute approximate surface area is 116 Å². The Kier molecular flexibility index (Phi) is 6.32. The lowest BCUT2D eigenvalue weighted by Crippen LogP contribution is -2.66. The third-order valence-corrected chi connectivity index (χ3v) is 4.15. The van der Waals surface area contributed by atoms with Crippen LogP contribution in [0.2, 0.25) is 0 Å². The van der Waals surface area contributed by atoms with Gasteiger partial charge in [0.05, 0.1) is 6.54 Å². The molecule has 1 rings (SSSR count). The van der Waals surface area contributed by atoms with Gasteiger partial charge in [-0.15, -0.1) is 0 Å². The van der Waals surface area contributed by atoms with Crippen LogP contribution >= 0.6 is 0 Å². The Morgan fingerprint density at radius 2 is 1.68 bits per heavy atom. The van der Waals surface area contributed by atoms with Crippen molar-refractivity contribution in [2.75, 3.05) is 13.1 Å². The molecule has 110 valence electrons. The van der Waals surface area contributed by atoms with Crippen LogP contribution < -0.4 is 5.32 Å². The van der Waals surface area contributed by atoms with E-state index in [2.05, 4.69) is 12.2 Å². The maximum Gasteiger partial charge on any atom is 0.248 e. The van der Waals surface area contributed by atoms with E-state index in [0.29, 0.717) is 12.8 Å². The third kappa shape index (κ3) is 3.95. The fourth-order valence-corrected chi connectivity index (χ4v) is 2.72. The van der Waals surface area contributed by atoms with E-state index in [1.54, 1.807) is 4.90 Å². The molecule has 0 saturated carbocycles. The van der Waals surface area contributed by atoms with Crippen molar-refractivity contribution in [3.63, 3.8) is 0 Å². The third-order valence-electron chi connectivity index (χ3n) is 4.15. The number of nitrogens with one attached hydrogen (secondary N) is 1. The van der Waals surface area contributed by atoms with Crippen molar-refractivity contribution in [3.05, 3.63) is 0 Å². The Bertz CT molecular complexity index is 311. The molecule has 4 heteroatoms. The van der Waals surface area contributed by atoms with Gasteiger partial charge in [-0.2, -0.15) is 0 Å². The van der Waals surface area contributed by atoms with Crippen molar-refractivity contribution in [3.8, 4) is 0 Å². The van der Waals surface area contributed by atoms with Crippen LogP contribution in [0.4, 0.5) is 0 Å². The van der Waals surface area contributed by atoms with Crippen LogP contribution in [-0.2, 0) is 9.59 Å². The summed E-state index contributed by atoms with van der Waals surface area (Å²) in [7, 11) is 0. The average molecular weight is 268 g/mol. The molecule has 19 heavy (non-hydrogen) atoms. The number of nitrogens with zero attached hydrogens (tertiary/aromatic N) is 1. The molecular weight excluding hydrogens is 240 g/mol. The summed E-state index contributed by atoms with van der Waals surface area (Å²) in [5.74, 6) is 0.0875. The molecule has 0 bridgehead atoms. The van der Waals surface area contributed by atoms with Crippen LogP contribution in [0.25, 0.3) is 0 Å². The minimum atomic E-state index is -0.654. The number of amides is 2. The van der Waals surface area contributed by atoms with E-state index in [9.17, 15) is 9.59 Å². The summed E-state index contributed by atoms with van der Waals surface area (Å²) in [6.07, 6.45) is 7.17. The van der Waals surface area contributed by atoms with Crippen molar-refractivity contribution in [1.82, 2.24) is 10.2 Å². The lowest BCUT2D eigenvalue weighted by Gasteiger charge is -2.41. The van der Waals surface area contributed by atoms with Crippen molar-refractivity contribution in [2.45, 2.75) is 71.3 Å². The maximum atomic E-state index is 12.5. The lowest BCUT2D eigenvalue weighted by atomic mass is 9.89. The molecule has 0 aromatic heterocycles. The molecule has 0 aliphatic carbocycles. The first-order valence-corrected chi connectivity index (χ1v) is 7.70. The summed E-state index contributed by atoms with van der Waals surface area (Å²) < 4.78 is 0. The number of hydrogen-bond acceptors (Lipinski definition) is 2. The van der Waals surface area contributed by atoms with Gasteiger partial charge in [-0.3, -0.25) is 9.59 Å². The monoisotopic (exact) mass is 268 g/mol. The number of carbonyl (C=O) groups excluding carboxylic acids is 2. The first kappa shape index (κ1) is 16.0. The van der Waals surface area contributed by atoms with Gasteiger partial charge in [0.15, 0.2) is 0 Å². The largest absolute Gasteiger partial charge is 0.340 e. The molecular formula is C15H28N2O2. The second kappa shape index (κ2) is 7.51. The number of unbranched alkanes of at least 4 members (excludes halogenated alkanes) is 4. The van der Waals surface area contributed by atoms with Gasteiger partial charge in [0, 0.05) is 6.54 Å². The summed E-state index contributed by atoms with van der Waals surface area (Å²) in [6, 6.07) is 0. The van der Waals surface area contributed by atoms with E-state index < -0.39 is 5.54 Å². The van der Waals surface area contributed by atoms with Crippen molar-refractivity contribution >= 4 is 11.8 Å². The fraction of sp³-hybridized carbons (Fsp3) is 0.867. The summed E-state index contributed by atoms with van der Waals surface area (Å²) >= 11 is 0. The highest BCUT2D eigenvalue weighted by Crippen LogP contribution is 2.22. The predicted molar refractivity (Wildman–Crippen MR) is 76.8 cm³/mol. The van der Waals surface area contributed by atoms with Crippen LogP contribution in [0.5, 0.6) is 0 Å². The van der Waals surface area contributed by atoms with E-state index in [-0.39, 0.29) is 18.4 Å². The highest BCUT2D eigenvalue weighted by molar-refractivity contribution is 5.97. The van der Waals surface area contributed by atoms with Crippen LogP contribution in [0, 0.1) is 0 Å². The molecule has 4 nitrogen and oxygen atoms in total. The summed E-state index contributed by atoms with van der Waals surface area (Å²) in [5.41, 5.74) is -0.654. The van der Waals surface area contributed by atoms with E-state index in [4.69, 9.17) is 0 Å². The quantitative estimate of drug-likeness (QED) is 0.688. The number of rotatable bonds is 8. The van der Waals surface area contributed by atoms with Gasteiger partial charge < -0.3 is 10.2 Å². The fourth-order valence-electron chi connectivity index (χ4n) is 2.72. The van der Waals surface area contributed by atoms with E-state index in [1.807, 2.05) is 13.8 Å². The Morgan fingerprint density at radius 1 is 1.05 bits per heavy atom. The maximum absolute atomic E-state index is 12.5. The summed E-state index contributed by atoms with van der Waals surface area (Å²) in [6.45, 7) is 7.07. The van der Waals surface area contributed by atoms with E-state index in [0.717, 1.165) is 19.4 Å². The molecule has 1 aliphatic rings. The number of piperazine rings is 1. The van der Waals surface area contributed by atoms with Crippen molar-refractivity contribution in [2.24, 2.45) is 0 Å². The Balaban J connectivity index is 2.53. The molecule has 1 aliphatic heterocycles. The zero-order valence-corrected chi connectivity index (χ0v) is 12.6. The molecule has 0 aromatic carbocycles. The number of hydrogen-bond donors (Lipinski definition) is 1. The van der Waals surface area contributed by atoms with Gasteiger partial charge in [0.25, 0.3) is 0 Å². The molecule has 0 aromatic rings. The minimum absolute atomic E-state index is 0.0168. The second-order valence-electron chi connectivity index (χ2n) is 5.48. The topological polar surface area (TPSA) is 49.4 Å². The molecule has 0 atom stereocenters. The first-order chi connectivity index (χ1) is 9.09. The van der Waals surface area contributed by atoms with Crippen molar-refractivity contribution in [1.29, 1.82) is 0 Å². The summed E-state index contributed by atoms with van der Waals surface area (Å²) in [5, 5.41) is 2.89. The summed E-state index contributed by atoms with van der Waals surface area (Å²) in [4.78, 5) is 26.0. The Morgan fingerprint density at radius 3 is 2.26 bits per heavy atom. The average Bonchev–Trinajstić information content (AvgIpc) is 2.42. The van der Waals surface area contributed by atoms with Crippen molar-refractivity contribution < 1.29 is 9.59 Å². The van der Waals surface area contributed by atoms with Gasteiger partial charge in [0.2, 0.25) is 11.8 Å². The number of carbonyl (C=O) groups is 2. The smallest absolute Gasteiger partial charge is 0.248 e. The van der Waals surface area contributed by atoms with Crippen LogP contribution in [0.3, 0.4) is 0 Å². The first-order valence-electron chi connectivity index (χ1n) is 7.70. The molecule has 1 fully saturated rings. The zero-order valence-electron chi connectivity index (χ0n) is 12.6. The molecule has 1 saturated heterocycles. The SMILES string of the molecule is CCCCCCCN1CC(=O)NC(CC)(CC)C1=O. The second-order valence-corrected chi connectivity index (χ2v) is 5.48. The van der Waals surface area contributed by atoms with Gasteiger partial charge in [0.1, 0.15) is 5.54 Å². The molecule has 2 amide bonds. The molecule has 0 unspecified atom stereocenters.